The normalized spacial score (nSPS) is 10.6. The van der Waals surface area contributed by atoms with Gasteiger partial charge in [0.1, 0.15) is 5.82 Å². The summed E-state index contributed by atoms with van der Waals surface area (Å²) in [7, 11) is 0. The summed E-state index contributed by atoms with van der Waals surface area (Å²) in [6.45, 7) is 5.40. The zero-order valence-electron chi connectivity index (χ0n) is 11.0. The highest BCUT2D eigenvalue weighted by molar-refractivity contribution is 5.93. The standard InChI is InChI=1S/C13H21N3O2/c1-10(2)18-8-4-3-7-15-13(17)11-5-6-12(14)16-9-11/h5-6,9-10H,3-4,7-8H2,1-2H3,(H2,14,16)(H,15,17). The third kappa shape index (κ3) is 5.63. The van der Waals surface area contributed by atoms with Gasteiger partial charge in [-0.3, -0.25) is 4.79 Å². The molecule has 0 aromatic carbocycles. The molecule has 0 aliphatic carbocycles. The van der Waals surface area contributed by atoms with Gasteiger partial charge in [-0.15, -0.1) is 0 Å². The van der Waals surface area contributed by atoms with Crippen LogP contribution in [-0.4, -0.2) is 30.1 Å². The van der Waals surface area contributed by atoms with Gasteiger partial charge in [0.05, 0.1) is 11.7 Å². The Morgan fingerprint density at radius 1 is 1.44 bits per heavy atom. The van der Waals surface area contributed by atoms with Gasteiger partial charge in [0.2, 0.25) is 0 Å². The van der Waals surface area contributed by atoms with Crippen LogP contribution in [0.5, 0.6) is 0 Å². The molecule has 18 heavy (non-hydrogen) atoms. The van der Waals surface area contributed by atoms with E-state index in [4.69, 9.17) is 10.5 Å². The first-order chi connectivity index (χ1) is 8.59. The van der Waals surface area contributed by atoms with E-state index in [1.165, 1.54) is 6.20 Å². The Morgan fingerprint density at radius 2 is 2.22 bits per heavy atom. The lowest BCUT2D eigenvalue weighted by atomic mass is 10.2. The molecule has 0 aliphatic rings. The van der Waals surface area contributed by atoms with Crippen LogP contribution in [-0.2, 0) is 4.74 Å². The van der Waals surface area contributed by atoms with Crippen molar-refractivity contribution in [2.75, 3.05) is 18.9 Å². The molecule has 3 N–H and O–H groups in total. The molecule has 1 aromatic heterocycles. The second kappa shape index (κ2) is 7.66. The minimum atomic E-state index is -0.118. The van der Waals surface area contributed by atoms with Crippen molar-refractivity contribution in [2.45, 2.75) is 32.8 Å². The molecule has 5 nitrogen and oxygen atoms in total. The molecular weight excluding hydrogens is 230 g/mol. The topological polar surface area (TPSA) is 77.2 Å². The predicted octanol–water partition coefficient (Wildman–Crippen LogP) is 1.60. The molecule has 0 atom stereocenters. The number of hydrogen-bond acceptors (Lipinski definition) is 4. The van der Waals surface area contributed by atoms with Gasteiger partial charge in [0.25, 0.3) is 5.91 Å². The van der Waals surface area contributed by atoms with E-state index >= 15 is 0 Å². The molecule has 0 fully saturated rings. The summed E-state index contributed by atoms with van der Waals surface area (Å²) in [5.41, 5.74) is 5.98. The van der Waals surface area contributed by atoms with Crippen LogP contribution in [0.15, 0.2) is 18.3 Å². The maximum atomic E-state index is 11.7. The molecular formula is C13H21N3O2. The van der Waals surface area contributed by atoms with E-state index in [2.05, 4.69) is 10.3 Å². The van der Waals surface area contributed by atoms with Crippen LogP contribution in [0.3, 0.4) is 0 Å². The first kappa shape index (κ1) is 14.4. The summed E-state index contributed by atoms with van der Waals surface area (Å²) < 4.78 is 5.41. The Kier molecular flexibility index (Phi) is 6.14. The minimum absolute atomic E-state index is 0.118. The smallest absolute Gasteiger partial charge is 0.252 e. The highest BCUT2D eigenvalue weighted by atomic mass is 16.5. The number of ether oxygens (including phenoxy) is 1. The Balaban J connectivity index is 2.16. The lowest BCUT2D eigenvalue weighted by Gasteiger charge is -2.08. The molecule has 100 valence electrons. The quantitative estimate of drug-likeness (QED) is 0.722. The van der Waals surface area contributed by atoms with E-state index in [1.807, 2.05) is 13.8 Å². The average Bonchev–Trinajstić information content (AvgIpc) is 2.34. The van der Waals surface area contributed by atoms with Crippen LogP contribution < -0.4 is 11.1 Å². The summed E-state index contributed by atoms with van der Waals surface area (Å²) in [4.78, 5) is 15.5. The zero-order valence-corrected chi connectivity index (χ0v) is 11.0. The van der Waals surface area contributed by atoms with Crippen LogP contribution in [0.2, 0.25) is 0 Å². The number of carbonyl (C=O) groups excluding carboxylic acids is 1. The molecule has 1 amide bonds. The lowest BCUT2D eigenvalue weighted by molar-refractivity contribution is 0.0754. The van der Waals surface area contributed by atoms with Gasteiger partial charge < -0.3 is 15.8 Å². The molecule has 5 heteroatoms. The third-order valence-corrected chi connectivity index (χ3v) is 2.36. The number of nitrogens with two attached hydrogens (primary N) is 1. The van der Waals surface area contributed by atoms with Crippen molar-refractivity contribution in [3.8, 4) is 0 Å². The molecule has 1 heterocycles. The van der Waals surface area contributed by atoms with E-state index in [1.54, 1.807) is 12.1 Å². The van der Waals surface area contributed by atoms with Crippen molar-refractivity contribution in [3.63, 3.8) is 0 Å². The summed E-state index contributed by atoms with van der Waals surface area (Å²) in [6.07, 6.45) is 3.59. The second-order valence-corrected chi connectivity index (χ2v) is 4.35. The SMILES string of the molecule is CC(C)OCCCCNC(=O)c1ccc(N)nc1. The van der Waals surface area contributed by atoms with Crippen molar-refractivity contribution in [3.05, 3.63) is 23.9 Å². The number of rotatable bonds is 7. The lowest BCUT2D eigenvalue weighted by Crippen LogP contribution is -2.24. The van der Waals surface area contributed by atoms with Crippen LogP contribution in [0, 0.1) is 0 Å². The van der Waals surface area contributed by atoms with Crippen molar-refractivity contribution in [1.29, 1.82) is 0 Å². The first-order valence-corrected chi connectivity index (χ1v) is 6.21. The van der Waals surface area contributed by atoms with Gasteiger partial charge in [-0.25, -0.2) is 4.98 Å². The highest BCUT2D eigenvalue weighted by Crippen LogP contribution is 2.01. The number of nitrogen functional groups attached to an aromatic ring is 1. The van der Waals surface area contributed by atoms with Crippen molar-refractivity contribution >= 4 is 11.7 Å². The van der Waals surface area contributed by atoms with Gasteiger partial charge in [-0.05, 0) is 38.8 Å². The molecule has 0 bridgehead atoms. The van der Waals surface area contributed by atoms with Gasteiger partial charge in [-0.2, -0.15) is 0 Å². The Labute approximate surface area is 108 Å². The monoisotopic (exact) mass is 251 g/mol. The van der Waals surface area contributed by atoms with Crippen LogP contribution >= 0.6 is 0 Å². The Bertz CT molecular complexity index is 363. The van der Waals surface area contributed by atoms with Gasteiger partial charge in [-0.1, -0.05) is 0 Å². The van der Waals surface area contributed by atoms with Crippen molar-refractivity contribution < 1.29 is 9.53 Å². The molecule has 0 radical (unpaired) electrons. The molecule has 1 rings (SSSR count). The molecule has 0 spiro atoms. The summed E-state index contributed by atoms with van der Waals surface area (Å²) in [6, 6.07) is 3.28. The highest BCUT2D eigenvalue weighted by Gasteiger charge is 2.04. The minimum Gasteiger partial charge on any atom is -0.384 e. The fourth-order valence-electron chi connectivity index (χ4n) is 1.39. The molecule has 0 aliphatic heterocycles. The van der Waals surface area contributed by atoms with E-state index in [9.17, 15) is 4.79 Å². The predicted molar refractivity (Wildman–Crippen MR) is 71.3 cm³/mol. The molecule has 1 aromatic rings. The number of anilines is 1. The number of aromatic nitrogens is 1. The van der Waals surface area contributed by atoms with Crippen LogP contribution in [0.4, 0.5) is 5.82 Å². The first-order valence-electron chi connectivity index (χ1n) is 6.21. The maximum absolute atomic E-state index is 11.7. The van der Waals surface area contributed by atoms with Gasteiger partial charge in [0.15, 0.2) is 0 Å². The summed E-state index contributed by atoms with van der Waals surface area (Å²) >= 11 is 0. The summed E-state index contributed by atoms with van der Waals surface area (Å²) in [5, 5.41) is 2.83. The second-order valence-electron chi connectivity index (χ2n) is 4.35. The van der Waals surface area contributed by atoms with E-state index in [-0.39, 0.29) is 12.0 Å². The summed E-state index contributed by atoms with van der Waals surface area (Å²) in [5.74, 6) is 0.296. The van der Waals surface area contributed by atoms with E-state index in [0.29, 0.717) is 17.9 Å². The molecule has 0 saturated carbocycles. The fourth-order valence-corrected chi connectivity index (χ4v) is 1.39. The number of unbranched alkanes of at least 4 members (excludes halogenated alkanes) is 1. The number of pyridine rings is 1. The largest absolute Gasteiger partial charge is 0.384 e. The number of carbonyl (C=O) groups is 1. The van der Waals surface area contributed by atoms with Gasteiger partial charge in [0, 0.05) is 19.3 Å². The van der Waals surface area contributed by atoms with Crippen LogP contribution in [0.1, 0.15) is 37.0 Å². The Morgan fingerprint density at radius 3 is 2.83 bits per heavy atom. The van der Waals surface area contributed by atoms with Crippen molar-refractivity contribution in [2.24, 2.45) is 0 Å². The van der Waals surface area contributed by atoms with E-state index in [0.717, 1.165) is 19.4 Å². The van der Waals surface area contributed by atoms with Gasteiger partial charge >= 0.3 is 0 Å². The zero-order chi connectivity index (χ0) is 13.4. The van der Waals surface area contributed by atoms with Crippen molar-refractivity contribution in [1.82, 2.24) is 10.3 Å². The number of nitrogens with one attached hydrogen (secondary N) is 1. The molecule has 0 saturated heterocycles. The van der Waals surface area contributed by atoms with Crippen LogP contribution in [0.25, 0.3) is 0 Å². The average molecular weight is 251 g/mol. The number of hydrogen-bond donors (Lipinski definition) is 2. The Hall–Kier alpha value is -1.62. The van der Waals surface area contributed by atoms with E-state index < -0.39 is 0 Å². The number of nitrogens with zero attached hydrogens (tertiary/aromatic N) is 1. The number of amides is 1. The fraction of sp³-hybridized carbons (Fsp3) is 0.538. The molecule has 0 unspecified atom stereocenters. The third-order valence-electron chi connectivity index (χ3n) is 2.36. The maximum Gasteiger partial charge on any atom is 0.252 e.